The molecular weight excluding hydrogens is 461 g/mol. The van der Waals surface area contributed by atoms with Crippen LogP contribution in [0.15, 0.2) is 42.5 Å². The largest absolute Gasteiger partial charge is 0.418 e. The maximum atomic E-state index is 13.5. The van der Waals surface area contributed by atoms with Crippen molar-refractivity contribution >= 4 is 29.1 Å². The van der Waals surface area contributed by atoms with Crippen LogP contribution in [0.1, 0.15) is 46.0 Å². The second kappa shape index (κ2) is 10.1. The number of carbonyl (C=O) groups is 3. The van der Waals surface area contributed by atoms with Crippen molar-refractivity contribution in [1.82, 2.24) is 9.80 Å². The average molecular weight is 489 g/mol. The van der Waals surface area contributed by atoms with Gasteiger partial charge in [0.2, 0.25) is 5.91 Å². The highest BCUT2D eigenvalue weighted by atomic mass is 19.4. The summed E-state index contributed by atoms with van der Waals surface area (Å²) in [6.07, 6.45) is -3.09. The minimum atomic E-state index is -4.57. The number of imide groups is 1. The quantitative estimate of drug-likeness (QED) is 0.473. The first-order chi connectivity index (χ1) is 16.6. The summed E-state index contributed by atoms with van der Waals surface area (Å²) in [5, 5.41) is 2.25. The first-order valence-corrected chi connectivity index (χ1v) is 11.6. The van der Waals surface area contributed by atoms with Crippen LogP contribution in [0.25, 0.3) is 0 Å². The molecule has 0 unspecified atom stereocenters. The molecule has 2 aromatic carbocycles. The Bertz CT molecular complexity index is 1090. The lowest BCUT2D eigenvalue weighted by Gasteiger charge is -2.36. The molecule has 0 aromatic heterocycles. The van der Waals surface area contributed by atoms with E-state index in [2.05, 4.69) is 10.2 Å². The monoisotopic (exact) mass is 488 g/mol. The Hall–Kier alpha value is -3.40. The summed E-state index contributed by atoms with van der Waals surface area (Å²) in [6.45, 7) is 4.88. The molecule has 0 saturated carbocycles. The molecule has 0 spiro atoms. The molecule has 7 nitrogen and oxygen atoms in total. The van der Waals surface area contributed by atoms with Crippen LogP contribution in [0.3, 0.4) is 0 Å². The number of hydrogen-bond donors (Lipinski definition) is 1. The van der Waals surface area contributed by atoms with Gasteiger partial charge in [-0.15, -0.1) is 0 Å². The number of amides is 3. The van der Waals surface area contributed by atoms with Gasteiger partial charge < -0.3 is 10.2 Å². The summed E-state index contributed by atoms with van der Waals surface area (Å²) >= 11 is 0. The summed E-state index contributed by atoms with van der Waals surface area (Å²) in [6, 6.07) is 10.8. The number of nitrogens with one attached hydrogen (secondary N) is 1. The average Bonchev–Trinajstić information content (AvgIpc) is 3.06. The van der Waals surface area contributed by atoms with E-state index in [1.807, 2.05) is 4.90 Å². The van der Waals surface area contributed by atoms with Crippen LogP contribution in [-0.2, 0) is 11.0 Å². The van der Waals surface area contributed by atoms with Crippen molar-refractivity contribution in [3.05, 3.63) is 59.2 Å². The molecule has 1 saturated heterocycles. The van der Waals surface area contributed by atoms with E-state index in [0.717, 1.165) is 19.0 Å². The maximum Gasteiger partial charge on any atom is 0.418 e. The van der Waals surface area contributed by atoms with Gasteiger partial charge in [-0.3, -0.25) is 24.2 Å². The third kappa shape index (κ3) is 5.48. The van der Waals surface area contributed by atoms with E-state index in [9.17, 15) is 27.6 Å². The molecule has 10 heteroatoms. The molecule has 35 heavy (non-hydrogen) atoms. The van der Waals surface area contributed by atoms with Crippen LogP contribution in [-0.4, -0.2) is 66.8 Å². The first kappa shape index (κ1) is 24.7. The van der Waals surface area contributed by atoms with Crippen LogP contribution < -0.4 is 10.2 Å². The summed E-state index contributed by atoms with van der Waals surface area (Å²) in [4.78, 5) is 41.5. The molecule has 0 aliphatic carbocycles. The molecule has 0 radical (unpaired) electrons. The number of halogens is 3. The fraction of sp³-hybridized carbons (Fsp3) is 0.400. The SMILES string of the molecule is CC(=O)Nc1ccc(N2CCN(CCCCN3C(=O)c4ccccc4C3=O)CC2)cc1C(F)(F)F. The molecule has 0 bridgehead atoms. The van der Waals surface area contributed by atoms with E-state index in [-0.39, 0.29) is 17.5 Å². The van der Waals surface area contributed by atoms with Gasteiger partial charge in [0.15, 0.2) is 0 Å². The zero-order chi connectivity index (χ0) is 25.2. The second-order valence-electron chi connectivity index (χ2n) is 8.75. The number of fused-ring (bicyclic) bond motifs is 1. The minimum Gasteiger partial charge on any atom is -0.369 e. The summed E-state index contributed by atoms with van der Waals surface area (Å²) in [5.41, 5.74) is 0.266. The molecule has 2 heterocycles. The number of benzene rings is 2. The normalized spacial score (nSPS) is 16.6. The number of piperazine rings is 1. The first-order valence-electron chi connectivity index (χ1n) is 11.6. The van der Waals surface area contributed by atoms with Crippen LogP contribution in [0, 0.1) is 0 Å². The van der Waals surface area contributed by atoms with Gasteiger partial charge in [-0.05, 0) is 49.7 Å². The molecule has 1 N–H and O–H groups in total. The number of carbonyl (C=O) groups excluding carboxylic acids is 3. The Morgan fingerprint density at radius 2 is 1.51 bits per heavy atom. The third-order valence-corrected chi connectivity index (χ3v) is 6.34. The van der Waals surface area contributed by atoms with Crippen molar-refractivity contribution in [2.24, 2.45) is 0 Å². The van der Waals surface area contributed by atoms with Crippen molar-refractivity contribution in [1.29, 1.82) is 0 Å². The van der Waals surface area contributed by atoms with E-state index >= 15 is 0 Å². The number of unbranched alkanes of at least 4 members (excludes halogenated alkanes) is 1. The van der Waals surface area contributed by atoms with Crippen LogP contribution in [0.5, 0.6) is 0 Å². The van der Waals surface area contributed by atoms with E-state index in [4.69, 9.17) is 0 Å². The fourth-order valence-electron chi connectivity index (χ4n) is 4.54. The van der Waals surface area contributed by atoms with Crippen molar-refractivity contribution in [3.63, 3.8) is 0 Å². The van der Waals surface area contributed by atoms with E-state index < -0.39 is 17.6 Å². The number of alkyl halides is 3. The molecule has 2 aliphatic rings. The molecule has 186 valence electrons. The van der Waals surface area contributed by atoms with Gasteiger partial charge in [0.05, 0.1) is 22.4 Å². The third-order valence-electron chi connectivity index (χ3n) is 6.34. The Balaban J connectivity index is 1.26. The van der Waals surface area contributed by atoms with E-state index in [1.165, 1.54) is 17.9 Å². The van der Waals surface area contributed by atoms with Gasteiger partial charge in [0, 0.05) is 45.3 Å². The molecule has 0 atom stereocenters. The fourth-order valence-corrected chi connectivity index (χ4v) is 4.54. The van der Waals surface area contributed by atoms with E-state index in [1.54, 1.807) is 30.3 Å². The predicted octanol–water partition coefficient (Wildman–Crippen LogP) is 3.86. The smallest absolute Gasteiger partial charge is 0.369 e. The number of anilines is 2. The number of nitrogens with zero attached hydrogens (tertiary/aromatic N) is 3. The second-order valence-corrected chi connectivity index (χ2v) is 8.75. The van der Waals surface area contributed by atoms with Gasteiger partial charge in [0.25, 0.3) is 11.8 Å². The van der Waals surface area contributed by atoms with Crippen LogP contribution >= 0.6 is 0 Å². The summed E-state index contributed by atoms with van der Waals surface area (Å²) < 4.78 is 40.5. The Morgan fingerprint density at radius 1 is 0.914 bits per heavy atom. The zero-order valence-electron chi connectivity index (χ0n) is 19.4. The number of hydrogen-bond acceptors (Lipinski definition) is 5. The number of rotatable bonds is 7. The van der Waals surface area contributed by atoms with Crippen molar-refractivity contribution in [3.8, 4) is 0 Å². The van der Waals surface area contributed by atoms with Crippen molar-refractivity contribution < 1.29 is 27.6 Å². The highest BCUT2D eigenvalue weighted by molar-refractivity contribution is 6.21. The molecule has 4 rings (SSSR count). The van der Waals surface area contributed by atoms with Gasteiger partial charge in [-0.25, -0.2) is 0 Å². The predicted molar refractivity (Wildman–Crippen MR) is 125 cm³/mol. The molecule has 3 amide bonds. The Morgan fingerprint density at radius 3 is 2.09 bits per heavy atom. The van der Waals surface area contributed by atoms with Gasteiger partial charge in [-0.2, -0.15) is 13.2 Å². The lowest BCUT2D eigenvalue weighted by Crippen LogP contribution is -2.46. The molecule has 1 fully saturated rings. The summed E-state index contributed by atoms with van der Waals surface area (Å²) in [5.74, 6) is -1.05. The lowest BCUT2D eigenvalue weighted by atomic mass is 10.1. The molecule has 2 aliphatic heterocycles. The van der Waals surface area contributed by atoms with Crippen molar-refractivity contribution in [2.75, 3.05) is 49.5 Å². The maximum absolute atomic E-state index is 13.5. The molecule has 2 aromatic rings. The minimum absolute atomic E-state index is 0.245. The Kier molecular flexibility index (Phi) is 7.11. The zero-order valence-corrected chi connectivity index (χ0v) is 19.4. The highest BCUT2D eigenvalue weighted by Crippen LogP contribution is 2.37. The van der Waals surface area contributed by atoms with Gasteiger partial charge in [-0.1, -0.05) is 12.1 Å². The Labute approximate surface area is 201 Å². The highest BCUT2D eigenvalue weighted by Gasteiger charge is 2.35. The van der Waals surface area contributed by atoms with Gasteiger partial charge in [0.1, 0.15) is 0 Å². The van der Waals surface area contributed by atoms with Crippen LogP contribution in [0.2, 0.25) is 0 Å². The lowest BCUT2D eigenvalue weighted by molar-refractivity contribution is -0.136. The van der Waals surface area contributed by atoms with Crippen LogP contribution in [0.4, 0.5) is 24.5 Å². The standard InChI is InChI=1S/C25H27F3N4O3/c1-17(33)29-22-9-8-18(16-21(22)25(26,27)28)31-14-12-30(13-15-31)10-4-5-11-32-23(34)19-6-2-3-7-20(19)24(32)35/h2-3,6-9,16H,4-5,10-15H2,1H3,(H,29,33). The topological polar surface area (TPSA) is 73.0 Å². The van der Waals surface area contributed by atoms with Crippen molar-refractivity contribution in [2.45, 2.75) is 25.9 Å². The van der Waals surface area contributed by atoms with Gasteiger partial charge >= 0.3 is 6.18 Å². The van der Waals surface area contributed by atoms with E-state index in [0.29, 0.717) is 56.0 Å². The molecular formula is C25H27F3N4O3. The summed E-state index contributed by atoms with van der Waals surface area (Å²) in [7, 11) is 0.